The van der Waals surface area contributed by atoms with Crippen molar-refractivity contribution in [1.82, 2.24) is 5.32 Å². The molecule has 2 aromatic carbocycles. The van der Waals surface area contributed by atoms with Crippen molar-refractivity contribution in [3.8, 4) is 28.7 Å². The van der Waals surface area contributed by atoms with Crippen LogP contribution in [0, 0.1) is 6.92 Å². The van der Waals surface area contributed by atoms with Gasteiger partial charge in [0.2, 0.25) is 0 Å². The van der Waals surface area contributed by atoms with E-state index in [0.717, 1.165) is 6.08 Å². The molecule has 5 rings (SSSR count). The largest absolute Gasteiger partial charge is 0.507 e. The molecule has 3 N–H and O–H groups in total. The topological polar surface area (TPSA) is 158 Å². The number of fused-ring (bicyclic) bond motifs is 4. The van der Waals surface area contributed by atoms with Crippen LogP contribution in [0.2, 0.25) is 0 Å². The summed E-state index contributed by atoms with van der Waals surface area (Å²) in [4.78, 5) is 52.1. The lowest BCUT2D eigenvalue weighted by molar-refractivity contribution is -0.123. The zero-order valence-electron chi connectivity index (χ0n) is 22.7. The molecule has 11 heteroatoms. The summed E-state index contributed by atoms with van der Waals surface area (Å²) in [6.45, 7) is 5.70. The number of ether oxygens (including phenoxy) is 4. The van der Waals surface area contributed by atoms with Crippen LogP contribution in [-0.2, 0) is 19.7 Å². The fourth-order valence-electron chi connectivity index (χ4n) is 5.52. The summed E-state index contributed by atoms with van der Waals surface area (Å²) in [5.74, 6) is -2.90. The Kier molecular flexibility index (Phi) is 6.13. The Morgan fingerprint density at radius 2 is 1.80 bits per heavy atom. The molecule has 0 radical (unpaired) electrons. The number of nitrogens with one attached hydrogen (secondary N) is 1. The molecule has 2 atom stereocenters. The van der Waals surface area contributed by atoms with E-state index in [1.165, 1.54) is 35.0 Å². The maximum Gasteiger partial charge on any atom is 0.343 e. The first-order valence-electron chi connectivity index (χ1n) is 12.4. The number of esters is 1. The lowest BCUT2D eigenvalue weighted by Crippen LogP contribution is -2.41. The summed E-state index contributed by atoms with van der Waals surface area (Å²) in [6.07, 6.45) is 0.399. The summed E-state index contributed by atoms with van der Waals surface area (Å²) in [5, 5.41) is 24.5. The average molecular weight is 550 g/mol. The Hall–Kier alpha value is -4.80. The fourth-order valence-corrected chi connectivity index (χ4v) is 5.52. The molecule has 0 unspecified atom stereocenters. The van der Waals surface area contributed by atoms with Crippen molar-refractivity contribution in [2.24, 2.45) is 0 Å². The van der Waals surface area contributed by atoms with Crippen LogP contribution >= 0.6 is 0 Å². The van der Waals surface area contributed by atoms with Crippen molar-refractivity contribution in [2.45, 2.75) is 39.2 Å². The van der Waals surface area contributed by atoms with Gasteiger partial charge in [0.25, 0.3) is 0 Å². The van der Waals surface area contributed by atoms with Gasteiger partial charge in [0, 0.05) is 22.9 Å². The van der Waals surface area contributed by atoms with E-state index in [4.69, 9.17) is 18.9 Å². The minimum Gasteiger partial charge on any atom is -0.507 e. The number of benzene rings is 2. The molecule has 0 amide bonds. The molecule has 3 aliphatic rings. The first-order chi connectivity index (χ1) is 18.9. The highest BCUT2D eigenvalue weighted by atomic mass is 16.6. The number of methoxy groups -OCH3 is 2. The number of phenolic OH excluding ortho intramolecular Hbond substituents is 2. The van der Waals surface area contributed by atoms with Crippen LogP contribution in [0.15, 0.2) is 35.2 Å². The molecular formula is C29H27NO10. The number of allylic oxidation sites excluding steroid dienone is 4. The van der Waals surface area contributed by atoms with Crippen LogP contribution in [-0.4, -0.2) is 54.3 Å². The quantitative estimate of drug-likeness (QED) is 0.210. The maximum absolute atomic E-state index is 14.0. The lowest BCUT2D eigenvalue weighted by Gasteiger charge is -2.29. The van der Waals surface area contributed by atoms with Crippen LogP contribution in [0.1, 0.15) is 64.3 Å². The molecule has 0 saturated carbocycles. The van der Waals surface area contributed by atoms with Crippen molar-refractivity contribution in [2.75, 3.05) is 20.8 Å². The van der Waals surface area contributed by atoms with Gasteiger partial charge in [-0.2, -0.15) is 0 Å². The van der Waals surface area contributed by atoms with Gasteiger partial charge in [0.05, 0.1) is 31.9 Å². The minimum atomic E-state index is -1.63. The lowest BCUT2D eigenvalue weighted by atomic mass is 9.70. The summed E-state index contributed by atoms with van der Waals surface area (Å²) in [7, 11) is 2.87. The van der Waals surface area contributed by atoms with Gasteiger partial charge in [-0.15, -0.1) is 0 Å². The number of Topliss-reactive ketones (excluding diaryl/α,β-unsaturated/α-hetero) is 2. The van der Waals surface area contributed by atoms with Gasteiger partial charge in [0.1, 0.15) is 45.7 Å². The number of hydrogen-bond acceptors (Lipinski definition) is 11. The molecule has 208 valence electrons. The van der Waals surface area contributed by atoms with Crippen LogP contribution in [0.3, 0.4) is 0 Å². The minimum absolute atomic E-state index is 0.00161. The SMILES string of the molecule is COc1ccc2c(c1OC)C(=O)O[C@@H]2CN/C(C)=C1\C(=O)C=C2Oc3c(C(C)=O)c(O)c(C)c(O)c3[C@@]2(C)C1=O. The predicted molar refractivity (Wildman–Crippen MR) is 139 cm³/mol. The molecule has 1 aliphatic carbocycles. The number of ketones is 3. The first-order valence-corrected chi connectivity index (χ1v) is 12.4. The van der Waals surface area contributed by atoms with Crippen LogP contribution in [0.25, 0.3) is 0 Å². The van der Waals surface area contributed by atoms with Crippen LogP contribution in [0.4, 0.5) is 0 Å². The van der Waals surface area contributed by atoms with Crippen molar-refractivity contribution >= 4 is 23.3 Å². The third kappa shape index (κ3) is 3.50. The third-order valence-electron chi connectivity index (χ3n) is 7.69. The Labute approximate surface area is 229 Å². The molecule has 0 fully saturated rings. The van der Waals surface area contributed by atoms with Crippen LogP contribution < -0.4 is 19.5 Å². The number of hydrogen-bond donors (Lipinski definition) is 3. The highest BCUT2D eigenvalue weighted by Crippen LogP contribution is 2.57. The smallest absolute Gasteiger partial charge is 0.343 e. The Morgan fingerprint density at radius 1 is 1.10 bits per heavy atom. The molecule has 0 bridgehead atoms. The van der Waals surface area contributed by atoms with E-state index in [1.807, 2.05) is 0 Å². The third-order valence-corrected chi connectivity index (χ3v) is 7.69. The van der Waals surface area contributed by atoms with Gasteiger partial charge in [-0.25, -0.2) is 4.79 Å². The molecule has 0 aromatic heterocycles. The molecule has 0 saturated heterocycles. The monoisotopic (exact) mass is 549 g/mol. The van der Waals surface area contributed by atoms with Crippen molar-refractivity contribution in [3.05, 3.63) is 63.1 Å². The fraction of sp³-hybridized carbons (Fsp3) is 0.310. The van der Waals surface area contributed by atoms with Crippen molar-refractivity contribution in [1.29, 1.82) is 0 Å². The summed E-state index contributed by atoms with van der Waals surface area (Å²) < 4.78 is 21.9. The van der Waals surface area contributed by atoms with Crippen molar-refractivity contribution in [3.63, 3.8) is 0 Å². The van der Waals surface area contributed by atoms with Gasteiger partial charge in [-0.3, -0.25) is 14.4 Å². The molecule has 2 aliphatic heterocycles. The highest BCUT2D eigenvalue weighted by Gasteiger charge is 2.56. The van der Waals surface area contributed by atoms with E-state index in [1.54, 1.807) is 19.1 Å². The molecule has 0 spiro atoms. The second-order valence-corrected chi connectivity index (χ2v) is 9.93. The Bertz CT molecular complexity index is 1620. The van der Waals surface area contributed by atoms with Gasteiger partial charge in [0.15, 0.2) is 28.8 Å². The van der Waals surface area contributed by atoms with Gasteiger partial charge < -0.3 is 34.5 Å². The van der Waals surface area contributed by atoms with Gasteiger partial charge >= 0.3 is 5.97 Å². The number of cyclic esters (lactones) is 1. The molecule has 2 heterocycles. The average Bonchev–Trinajstić information content (AvgIpc) is 3.39. The van der Waals surface area contributed by atoms with Crippen LogP contribution in [0.5, 0.6) is 28.7 Å². The maximum atomic E-state index is 14.0. The van der Waals surface area contributed by atoms with Crippen molar-refractivity contribution < 1.29 is 48.3 Å². The first kappa shape index (κ1) is 26.8. The van der Waals surface area contributed by atoms with E-state index in [0.29, 0.717) is 11.3 Å². The summed E-state index contributed by atoms with van der Waals surface area (Å²) in [5.41, 5.74) is -0.991. The molecule has 40 heavy (non-hydrogen) atoms. The molecule has 11 nitrogen and oxygen atoms in total. The number of aromatic hydroxyl groups is 2. The summed E-state index contributed by atoms with van der Waals surface area (Å²) in [6, 6.07) is 3.34. The Morgan fingerprint density at radius 3 is 2.42 bits per heavy atom. The number of carbonyl (C=O) groups excluding carboxylic acids is 4. The Balaban J connectivity index is 1.52. The van der Waals surface area contributed by atoms with Gasteiger partial charge in [-0.05, 0) is 33.8 Å². The highest BCUT2D eigenvalue weighted by molar-refractivity contribution is 6.31. The van der Waals surface area contributed by atoms with E-state index in [-0.39, 0.29) is 57.3 Å². The van der Waals surface area contributed by atoms with E-state index < -0.39 is 46.3 Å². The standard InChI is InChI=1S/C29H27NO10/c1-11-23(33)20(13(3)31)26-22(24(11)34)29(4)18(40-26)9-15(32)19(27(29)35)12(2)30-10-17-14-7-8-16(37-5)25(38-6)21(14)28(36)39-17/h7-9,17,30,33-34H,10H2,1-6H3/b19-12+/t17-,29+/m1/s1. The number of carbonyl (C=O) groups is 4. The predicted octanol–water partition coefficient (Wildman–Crippen LogP) is 3.09. The second-order valence-electron chi connectivity index (χ2n) is 9.93. The number of phenols is 2. The molecule has 2 aromatic rings. The zero-order chi connectivity index (χ0) is 29.3. The van der Waals surface area contributed by atoms with E-state index in [2.05, 4.69) is 5.32 Å². The normalized spacial score (nSPS) is 22.0. The summed E-state index contributed by atoms with van der Waals surface area (Å²) >= 11 is 0. The molecular weight excluding hydrogens is 522 g/mol. The van der Waals surface area contributed by atoms with Gasteiger partial charge in [-0.1, -0.05) is 6.07 Å². The van der Waals surface area contributed by atoms with E-state index in [9.17, 15) is 29.4 Å². The number of rotatable bonds is 6. The second kappa shape index (κ2) is 9.15. The van der Waals surface area contributed by atoms with E-state index >= 15 is 0 Å². The zero-order valence-corrected chi connectivity index (χ0v) is 22.7.